The molecule has 1 saturated carbocycles. The SMILES string of the molecule is Cc1oc(-n2cccc2)c(C#N)c1C(=O)OCC(=O)N[C@H]1CCCC[C@H]1C. The van der Waals surface area contributed by atoms with Crippen molar-refractivity contribution < 1.29 is 18.7 Å². The number of hydrogen-bond donors (Lipinski definition) is 1. The Morgan fingerprint density at radius 1 is 1.33 bits per heavy atom. The fraction of sp³-hybridized carbons (Fsp3) is 0.450. The first kappa shape index (κ1) is 18.8. The van der Waals surface area contributed by atoms with E-state index in [0.29, 0.717) is 5.92 Å². The third-order valence-electron chi connectivity index (χ3n) is 5.01. The van der Waals surface area contributed by atoms with Gasteiger partial charge >= 0.3 is 5.97 Å². The van der Waals surface area contributed by atoms with Crippen LogP contribution in [-0.4, -0.2) is 29.1 Å². The molecule has 142 valence electrons. The number of aryl methyl sites for hydroxylation is 1. The normalized spacial score (nSPS) is 19.3. The van der Waals surface area contributed by atoms with Gasteiger partial charge in [-0.1, -0.05) is 19.8 Å². The maximum atomic E-state index is 12.5. The monoisotopic (exact) mass is 369 g/mol. The first-order valence-electron chi connectivity index (χ1n) is 9.14. The van der Waals surface area contributed by atoms with Crippen molar-refractivity contribution in [2.24, 2.45) is 5.92 Å². The number of nitrogens with zero attached hydrogens (tertiary/aromatic N) is 2. The molecule has 0 radical (unpaired) electrons. The summed E-state index contributed by atoms with van der Waals surface area (Å²) in [5, 5.41) is 12.4. The Kier molecular flexibility index (Phi) is 5.65. The number of nitriles is 1. The summed E-state index contributed by atoms with van der Waals surface area (Å²) in [6.45, 7) is 3.33. The topological polar surface area (TPSA) is 97.3 Å². The summed E-state index contributed by atoms with van der Waals surface area (Å²) in [4.78, 5) is 24.6. The highest BCUT2D eigenvalue weighted by molar-refractivity contribution is 5.95. The summed E-state index contributed by atoms with van der Waals surface area (Å²) in [6.07, 6.45) is 7.74. The van der Waals surface area contributed by atoms with E-state index in [4.69, 9.17) is 9.15 Å². The van der Waals surface area contributed by atoms with Gasteiger partial charge in [0.25, 0.3) is 5.91 Å². The number of nitrogens with one attached hydrogen (secondary N) is 1. The van der Waals surface area contributed by atoms with Crippen LogP contribution in [0.1, 0.15) is 54.3 Å². The number of esters is 1. The molecule has 1 fully saturated rings. The first-order chi connectivity index (χ1) is 13.0. The second-order valence-corrected chi connectivity index (χ2v) is 6.93. The third-order valence-corrected chi connectivity index (χ3v) is 5.01. The molecule has 1 aliphatic carbocycles. The quantitative estimate of drug-likeness (QED) is 0.817. The molecule has 0 unspecified atom stereocenters. The van der Waals surface area contributed by atoms with Gasteiger partial charge in [0.15, 0.2) is 6.61 Å². The lowest BCUT2D eigenvalue weighted by atomic mass is 9.86. The highest BCUT2D eigenvalue weighted by Gasteiger charge is 2.27. The predicted octanol–water partition coefficient (Wildman–Crippen LogP) is 3.10. The maximum Gasteiger partial charge on any atom is 0.343 e. The Morgan fingerprint density at radius 2 is 2.04 bits per heavy atom. The molecule has 3 rings (SSSR count). The van der Waals surface area contributed by atoms with Crippen LogP contribution in [0, 0.1) is 24.2 Å². The average Bonchev–Trinajstić information content (AvgIpc) is 3.29. The van der Waals surface area contributed by atoms with Crippen molar-refractivity contribution in [2.75, 3.05) is 6.61 Å². The minimum Gasteiger partial charge on any atom is -0.452 e. The van der Waals surface area contributed by atoms with Crippen LogP contribution in [0.2, 0.25) is 0 Å². The molecule has 7 heteroatoms. The van der Waals surface area contributed by atoms with Crippen molar-refractivity contribution in [1.29, 1.82) is 5.26 Å². The fourth-order valence-electron chi connectivity index (χ4n) is 3.51. The Hall–Kier alpha value is -3.01. The minimum absolute atomic E-state index is 0.0556. The second-order valence-electron chi connectivity index (χ2n) is 6.93. The summed E-state index contributed by atoms with van der Waals surface area (Å²) < 4.78 is 12.3. The van der Waals surface area contributed by atoms with Gasteiger partial charge in [-0.25, -0.2) is 4.79 Å². The number of amides is 1. The van der Waals surface area contributed by atoms with Crippen LogP contribution in [0.3, 0.4) is 0 Å². The smallest absolute Gasteiger partial charge is 0.343 e. The van der Waals surface area contributed by atoms with Crippen LogP contribution in [0.4, 0.5) is 0 Å². The van der Waals surface area contributed by atoms with Crippen molar-refractivity contribution in [3.8, 4) is 12.0 Å². The molecule has 0 saturated heterocycles. The Bertz CT molecular complexity index is 861. The van der Waals surface area contributed by atoms with E-state index in [0.717, 1.165) is 19.3 Å². The number of hydrogen-bond acceptors (Lipinski definition) is 5. The van der Waals surface area contributed by atoms with E-state index in [1.165, 1.54) is 6.42 Å². The van der Waals surface area contributed by atoms with Crippen LogP contribution >= 0.6 is 0 Å². The molecule has 1 aliphatic rings. The highest BCUT2D eigenvalue weighted by Crippen LogP contribution is 2.26. The summed E-state index contributed by atoms with van der Waals surface area (Å²) in [7, 11) is 0. The summed E-state index contributed by atoms with van der Waals surface area (Å²) >= 11 is 0. The molecule has 2 heterocycles. The van der Waals surface area contributed by atoms with Gasteiger partial charge in [0.05, 0.1) is 0 Å². The van der Waals surface area contributed by atoms with E-state index in [-0.39, 0.29) is 41.3 Å². The van der Waals surface area contributed by atoms with E-state index >= 15 is 0 Å². The van der Waals surface area contributed by atoms with E-state index in [1.807, 2.05) is 6.07 Å². The molecule has 27 heavy (non-hydrogen) atoms. The molecule has 0 spiro atoms. The number of rotatable bonds is 5. The van der Waals surface area contributed by atoms with Gasteiger partial charge in [-0.2, -0.15) is 5.26 Å². The van der Waals surface area contributed by atoms with Crippen LogP contribution in [-0.2, 0) is 9.53 Å². The predicted molar refractivity (Wildman–Crippen MR) is 97.3 cm³/mol. The zero-order valence-electron chi connectivity index (χ0n) is 15.5. The van der Waals surface area contributed by atoms with Crippen LogP contribution in [0.25, 0.3) is 5.88 Å². The molecule has 7 nitrogen and oxygen atoms in total. The second kappa shape index (κ2) is 8.12. The van der Waals surface area contributed by atoms with Crippen LogP contribution < -0.4 is 5.32 Å². The molecule has 2 aromatic rings. The van der Waals surface area contributed by atoms with Gasteiger partial charge in [0.1, 0.15) is 23.0 Å². The Balaban J connectivity index is 1.66. The lowest BCUT2D eigenvalue weighted by Crippen LogP contribution is -2.42. The first-order valence-corrected chi connectivity index (χ1v) is 9.14. The summed E-state index contributed by atoms with van der Waals surface area (Å²) in [5.41, 5.74) is 0.148. The van der Waals surface area contributed by atoms with Gasteiger partial charge in [0.2, 0.25) is 5.88 Å². The zero-order chi connectivity index (χ0) is 19.4. The molecule has 0 aromatic carbocycles. The largest absolute Gasteiger partial charge is 0.452 e. The van der Waals surface area contributed by atoms with Crippen molar-refractivity contribution in [1.82, 2.24) is 9.88 Å². The zero-order valence-corrected chi connectivity index (χ0v) is 15.5. The third kappa shape index (κ3) is 4.05. The Labute approximate surface area is 157 Å². The lowest BCUT2D eigenvalue weighted by molar-refractivity contribution is -0.125. The fourth-order valence-corrected chi connectivity index (χ4v) is 3.51. The number of ether oxygens (including phenoxy) is 1. The Morgan fingerprint density at radius 3 is 2.70 bits per heavy atom. The molecule has 0 aliphatic heterocycles. The van der Waals surface area contributed by atoms with Crippen molar-refractivity contribution in [3.63, 3.8) is 0 Å². The van der Waals surface area contributed by atoms with Gasteiger partial charge in [-0.15, -0.1) is 0 Å². The molecule has 1 N–H and O–H groups in total. The van der Waals surface area contributed by atoms with E-state index in [2.05, 4.69) is 12.2 Å². The number of aromatic nitrogens is 1. The molecule has 1 amide bonds. The number of furan rings is 1. The summed E-state index contributed by atoms with van der Waals surface area (Å²) in [6, 6.07) is 5.69. The molecular weight excluding hydrogens is 346 g/mol. The van der Waals surface area contributed by atoms with Gasteiger partial charge in [-0.3, -0.25) is 9.36 Å². The summed E-state index contributed by atoms with van der Waals surface area (Å²) in [5.74, 6) is -0.108. The number of carbonyl (C=O) groups is 2. The van der Waals surface area contributed by atoms with Crippen LogP contribution in [0.15, 0.2) is 28.9 Å². The standard InChI is InChI=1S/C20H23N3O4/c1-13-7-3-4-8-16(13)22-17(24)12-26-20(25)18-14(2)27-19(15(18)11-21)23-9-5-6-10-23/h5-6,9-10,13,16H,3-4,7-8,12H2,1-2H3,(H,22,24)/t13-,16+/m1/s1. The highest BCUT2D eigenvalue weighted by atomic mass is 16.5. The van der Waals surface area contributed by atoms with Gasteiger partial charge in [-0.05, 0) is 37.8 Å². The van der Waals surface area contributed by atoms with Crippen molar-refractivity contribution in [3.05, 3.63) is 41.4 Å². The van der Waals surface area contributed by atoms with Gasteiger partial charge in [0, 0.05) is 18.4 Å². The van der Waals surface area contributed by atoms with Crippen LogP contribution in [0.5, 0.6) is 0 Å². The average molecular weight is 369 g/mol. The van der Waals surface area contributed by atoms with E-state index in [9.17, 15) is 14.9 Å². The minimum atomic E-state index is -0.738. The molecular formula is C20H23N3O4. The molecule has 0 bridgehead atoms. The number of carbonyl (C=O) groups excluding carboxylic acids is 2. The van der Waals surface area contributed by atoms with E-state index in [1.54, 1.807) is 36.0 Å². The van der Waals surface area contributed by atoms with E-state index < -0.39 is 5.97 Å². The maximum absolute atomic E-state index is 12.5. The molecule has 2 atom stereocenters. The molecule has 2 aromatic heterocycles. The lowest BCUT2D eigenvalue weighted by Gasteiger charge is -2.29. The van der Waals surface area contributed by atoms with Crippen molar-refractivity contribution in [2.45, 2.75) is 45.6 Å². The van der Waals surface area contributed by atoms with Gasteiger partial charge < -0.3 is 14.5 Å². The van der Waals surface area contributed by atoms with Crippen molar-refractivity contribution >= 4 is 11.9 Å².